The van der Waals surface area contributed by atoms with Crippen molar-refractivity contribution in [1.82, 2.24) is 4.98 Å². The van der Waals surface area contributed by atoms with Gasteiger partial charge in [0.05, 0.1) is 16.8 Å². The van der Waals surface area contributed by atoms with E-state index in [9.17, 15) is 9.50 Å². The van der Waals surface area contributed by atoms with Gasteiger partial charge in [-0.1, -0.05) is 23.7 Å². The highest BCUT2D eigenvalue weighted by Crippen LogP contribution is 2.21. The molecule has 1 heterocycles. The molecule has 2 rings (SSSR count). The van der Waals surface area contributed by atoms with Gasteiger partial charge in [0.1, 0.15) is 5.82 Å². The second-order valence-electron chi connectivity index (χ2n) is 4.17. The Labute approximate surface area is 110 Å². The molecule has 18 heavy (non-hydrogen) atoms. The number of hydrogen-bond acceptors (Lipinski definition) is 2. The average molecular weight is 266 g/mol. The van der Waals surface area contributed by atoms with E-state index >= 15 is 0 Å². The first-order chi connectivity index (χ1) is 8.56. The van der Waals surface area contributed by atoms with E-state index in [-0.39, 0.29) is 5.02 Å². The lowest BCUT2D eigenvalue weighted by Gasteiger charge is -2.11. The summed E-state index contributed by atoms with van der Waals surface area (Å²) >= 11 is 5.70. The molecule has 0 radical (unpaired) electrons. The number of hydrogen-bond donors (Lipinski definition) is 1. The first-order valence-corrected chi connectivity index (χ1v) is 5.99. The van der Waals surface area contributed by atoms with Crippen LogP contribution in [0.3, 0.4) is 0 Å². The normalized spacial score (nSPS) is 12.4. The zero-order chi connectivity index (χ0) is 13.1. The molecule has 0 aliphatic rings. The predicted molar refractivity (Wildman–Crippen MR) is 69.0 cm³/mol. The van der Waals surface area contributed by atoms with Gasteiger partial charge in [-0.2, -0.15) is 0 Å². The number of aryl methyl sites for hydroxylation is 1. The van der Waals surface area contributed by atoms with E-state index in [0.717, 1.165) is 11.3 Å². The van der Waals surface area contributed by atoms with Crippen molar-refractivity contribution in [2.45, 2.75) is 19.4 Å². The third-order valence-electron chi connectivity index (χ3n) is 2.66. The molecule has 1 N–H and O–H groups in total. The van der Waals surface area contributed by atoms with Gasteiger partial charge in [-0.15, -0.1) is 0 Å². The van der Waals surface area contributed by atoms with Gasteiger partial charge in [-0.05, 0) is 36.8 Å². The maximum Gasteiger partial charge on any atom is 0.141 e. The number of pyridine rings is 1. The van der Waals surface area contributed by atoms with Gasteiger partial charge in [0.15, 0.2) is 0 Å². The first-order valence-electron chi connectivity index (χ1n) is 5.62. The number of halogens is 2. The molecule has 2 aromatic rings. The number of aliphatic hydroxyl groups is 1. The maximum absolute atomic E-state index is 13.0. The summed E-state index contributed by atoms with van der Waals surface area (Å²) in [5.41, 5.74) is 2.23. The van der Waals surface area contributed by atoms with Crippen LogP contribution in [0, 0.1) is 12.7 Å². The van der Waals surface area contributed by atoms with Crippen molar-refractivity contribution in [3.05, 3.63) is 64.2 Å². The summed E-state index contributed by atoms with van der Waals surface area (Å²) < 4.78 is 13.0. The molecule has 0 saturated heterocycles. The highest BCUT2D eigenvalue weighted by atomic mass is 35.5. The topological polar surface area (TPSA) is 33.1 Å². The second-order valence-corrected chi connectivity index (χ2v) is 4.58. The van der Waals surface area contributed by atoms with E-state index in [0.29, 0.717) is 12.1 Å². The fourth-order valence-electron chi connectivity index (χ4n) is 1.74. The molecule has 0 aliphatic heterocycles. The molecule has 1 aromatic carbocycles. The van der Waals surface area contributed by atoms with Gasteiger partial charge in [0.25, 0.3) is 0 Å². The van der Waals surface area contributed by atoms with E-state index in [4.69, 9.17) is 11.6 Å². The molecule has 4 heteroatoms. The molecule has 2 nitrogen and oxygen atoms in total. The highest BCUT2D eigenvalue weighted by Gasteiger charge is 2.11. The SMILES string of the molecule is Cc1cccc(C(O)Cc2ccc(F)c(Cl)c2)n1. The molecule has 0 aliphatic carbocycles. The minimum absolute atomic E-state index is 0.0666. The van der Waals surface area contributed by atoms with E-state index in [1.165, 1.54) is 12.1 Å². The Morgan fingerprint density at radius 3 is 2.78 bits per heavy atom. The Balaban J connectivity index is 2.16. The molecule has 0 spiro atoms. The van der Waals surface area contributed by atoms with Crippen molar-refractivity contribution in [3.63, 3.8) is 0 Å². The molecule has 0 fully saturated rings. The fourth-order valence-corrected chi connectivity index (χ4v) is 1.95. The minimum Gasteiger partial charge on any atom is -0.386 e. The van der Waals surface area contributed by atoms with Crippen LogP contribution in [-0.2, 0) is 6.42 Å². The summed E-state index contributed by atoms with van der Waals surface area (Å²) in [5, 5.41) is 10.1. The van der Waals surface area contributed by atoms with Crippen molar-refractivity contribution in [1.29, 1.82) is 0 Å². The second kappa shape index (κ2) is 5.46. The molecular weight excluding hydrogens is 253 g/mol. The fraction of sp³-hybridized carbons (Fsp3) is 0.214. The van der Waals surface area contributed by atoms with E-state index in [2.05, 4.69) is 4.98 Å². The Morgan fingerprint density at radius 1 is 1.33 bits per heavy atom. The molecule has 1 unspecified atom stereocenters. The number of benzene rings is 1. The summed E-state index contributed by atoms with van der Waals surface area (Å²) in [5.74, 6) is -0.455. The summed E-state index contributed by atoms with van der Waals surface area (Å²) in [4.78, 5) is 4.25. The number of aromatic nitrogens is 1. The van der Waals surface area contributed by atoms with Crippen LogP contribution < -0.4 is 0 Å². The van der Waals surface area contributed by atoms with Gasteiger partial charge in [0, 0.05) is 12.1 Å². The monoisotopic (exact) mass is 265 g/mol. The van der Waals surface area contributed by atoms with Crippen LogP contribution in [0.2, 0.25) is 5.02 Å². The van der Waals surface area contributed by atoms with Crippen LogP contribution in [0.4, 0.5) is 4.39 Å². The van der Waals surface area contributed by atoms with Crippen LogP contribution in [-0.4, -0.2) is 10.1 Å². The minimum atomic E-state index is -0.716. The largest absolute Gasteiger partial charge is 0.386 e. The number of rotatable bonds is 3. The first kappa shape index (κ1) is 13.0. The van der Waals surface area contributed by atoms with Gasteiger partial charge in [-0.3, -0.25) is 4.98 Å². The van der Waals surface area contributed by atoms with Crippen LogP contribution in [0.25, 0.3) is 0 Å². The Morgan fingerprint density at radius 2 is 2.11 bits per heavy atom. The number of aliphatic hydroxyl groups excluding tert-OH is 1. The van der Waals surface area contributed by atoms with E-state index < -0.39 is 11.9 Å². The lowest BCUT2D eigenvalue weighted by molar-refractivity contribution is 0.173. The molecule has 0 saturated carbocycles. The Kier molecular flexibility index (Phi) is 3.94. The molecule has 0 bridgehead atoms. The average Bonchev–Trinajstić information content (AvgIpc) is 2.34. The Bertz CT molecular complexity index is 559. The quantitative estimate of drug-likeness (QED) is 0.922. The Hall–Kier alpha value is -1.45. The molecule has 94 valence electrons. The molecule has 1 aromatic heterocycles. The smallest absolute Gasteiger partial charge is 0.141 e. The van der Waals surface area contributed by atoms with Crippen molar-refractivity contribution in [2.75, 3.05) is 0 Å². The van der Waals surface area contributed by atoms with Crippen molar-refractivity contribution >= 4 is 11.6 Å². The summed E-state index contributed by atoms with van der Waals surface area (Å²) in [6.45, 7) is 1.87. The third-order valence-corrected chi connectivity index (χ3v) is 2.95. The summed E-state index contributed by atoms with van der Waals surface area (Å²) in [6.07, 6.45) is -0.359. The van der Waals surface area contributed by atoms with Crippen LogP contribution >= 0.6 is 11.6 Å². The van der Waals surface area contributed by atoms with Crippen molar-refractivity contribution < 1.29 is 9.50 Å². The lowest BCUT2D eigenvalue weighted by Crippen LogP contribution is -2.05. The van der Waals surface area contributed by atoms with Crippen LogP contribution in [0.1, 0.15) is 23.1 Å². The van der Waals surface area contributed by atoms with Gasteiger partial charge in [-0.25, -0.2) is 4.39 Å². The van der Waals surface area contributed by atoms with Gasteiger partial charge < -0.3 is 5.11 Å². The molecule has 1 atom stereocenters. The van der Waals surface area contributed by atoms with E-state index in [1.807, 2.05) is 19.1 Å². The maximum atomic E-state index is 13.0. The predicted octanol–water partition coefficient (Wildman–Crippen LogP) is 3.46. The summed E-state index contributed by atoms with van der Waals surface area (Å²) in [7, 11) is 0. The standard InChI is InChI=1S/C14H13ClFNO/c1-9-3-2-4-13(17-9)14(18)8-10-5-6-12(16)11(15)7-10/h2-7,14,18H,8H2,1H3. The van der Waals surface area contributed by atoms with Gasteiger partial charge >= 0.3 is 0 Å². The van der Waals surface area contributed by atoms with E-state index in [1.54, 1.807) is 12.1 Å². The summed E-state index contributed by atoms with van der Waals surface area (Å²) in [6, 6.07) is 9.91. The van der Waals surface area contributed by atoms with Gasteiger partial charge in [0.2, 0.25) is 0 Å². The lowest BCUT2D eigenvalue weighted by atomic mass is 10.0. The molecular formula is C14H13ClFNO. The van der Waals surface area contributed by atoms with Crippen molar-refractivity contribution in [3.8, 4) is 0 Å². The number of nitrogens with zero attached hydrogens (tertiary/aromatic N) is 1. The van der Waals surface area contributed by atoms with Crippen LogP contribution in [0.5, 0.6) is 0 Å². The zero-order valence-electron chi connectivity index (χ0n) is 9.90. The zero-order valence-corrected chi connectivity index (χ0v) is 10.7. The van der Waals surface area contributed by atoms with Crippen LogP contribution in [0.15, 0.2) is 36.4 Å². The van der Waals surface area contributed by atoms with Crippen molar-refractivity contribution in [2.24, 2.45) is 0 Å². The third kappa shape index (κ3) is 3.06. The molecule has 0 amide bonds. The highest BCUT2D eigenvalue weighted by molar-refractivity contribution is 6.30.